The fraction of sp³-hybridized carbons (Fsp3) is 0.111. The first-order valence-corrected chi connectivity index (χ1v) is 4.26. The van der Waals surface area contributed by atoms with Crippen LogP contribution in [0.2, 0.25) is 0 Å². The van der Waals surface area contributed by atoms with Crippen molar-refractivity contribution in [2.75, 3.05) is 0 Å². The van der Waals surface area contributed by atoms with Crippen molar-refractivity contribution in [1.29, 1.82) is 0 Å². The van der Waals surface area contributed by atoms with Crippen LogP contribution in [0.3, 0.4) is 0 Å². The van der Waals surface area contributed by atoms with E-state index >= 15 is 0 Å². The van der Waals surface area contributed by atoms with Crippen LogP contribution >= 0.6 is 0 Å². The Labute approximate surface area is 85.2 Å². The van der Waals surface area contributed by atoms with Gasteiger partial charge < -0.3 is 10.2 Å². The second kappa shape index (κ2) is 3.87. The van der Waals surface area contributed by atoms with Gasteiger partial charge in [-0.05, 0) is 6.07 Å². The Bertz CT molecular complexity index is 466. The molecule has 0 bridgehead atoms. The maximum atomic E-state index is 10.7. The first-order chi connectivity index (χ1) is 7.25. The Kier molecular flexibility index (Phi) is 2.40. The van der Waals surface area contributed by atoms with Crippen LogP contribution in [-0.2, 0) is 6.42 Å². The fourth-order valence-electron chi connectivity index (χ4n) is 1.06. The summed E-state index contributed by atoms with van der Waals surface area (Å²) in [5.41, 5.74) is 5.14. The van der Waals surface area contributed by atoms with E-state index in [9.17, 15) is 4.79 Å². The van der Waals surface area contributed by atoms with Crippen molar-refractivity contribution in [3.63, 3.8) is 0 Å². The molecule has 2 aromatic heterocycles. The average Bonchev–Trinajstić information content (AvgIpc) is 2.68. The molecule has 6 nitrogen and oxygen atoms in total. The number of hydrogen-bond donors (Lipinski definition) is 1. The Morgan fingerprint density at radius 2 is 2.13 bits per heavy atom. The topological polar surface area (TPSA) is 94.9 Å². The zero-order valence-electron chi connectivity index (χ0n) is 7.75. The van der Waals surface area contributed by atoms with Gasteiger partial charge in [-0.15, -0.1) is 0 Å². The standard InChI is InChI=1S/C9H8N4O2/c10-9(14)6-5-15-8(13-6)4-7-11-2-1-3-12-7/h1-3,5H,4H2,(H2,10,14). The van der Waals surface area contributed by atoms with Gasteiger partial charge in [0.25, 0.3) is 5.91 Å². The molecule has 0 saturated carbocycles. The number of oxazole rings is 1. The monoisotopic (exact) mass is 204 g/mol. The maximum absolute atomic E-state index is 10.7. The molecule has 0 aliphatic heterocycles. The highest BCUT2D eigenvalue weighted by atomic mass is 16.3. The zero-order chi connectivity index (χ0) is 10.7. The smallest absolute Gasteiger partial charge is 0.270 e. The van der Waals surface area contributed by atoms with E-state index in [4.69, 9.17) is 10.2 Å². The summed E-state index contributed by atoms with van der Waals surface area (Å²) in [7, 11) is 0. The molecule has 0 fully saturated rings. The molecule has 0 radical (unpaired) electrons. The lowest BCUT2D eigenvalue weighted by Crippen LogP contribution is -2.11. The molecule has 0 spiro atoms. The minimum Gasteiger partial charge on any atom is -0.448 e. The van der Waals surface area contributed by atoms with Crippen LogP contribution in [0.15, 0.2) is 29.1 Å². The van der Waals surface area contributed by atoms with E-state index in [0.717, 1.165) is 0 Å². The van der Waals surface area contributed by atoms with E-state index < -0.39 is 5.91 Å². The minimum atomic E-state index is -0.612. The van der Waals surface area contributed by atoms with Gasteiger partial charge in [-0.1, -0.05) is 0 Å². The van der Waals surface area contributed by atoms with Crippen molar-refractivity contribution < 1.29 is 9.21 Å². The molecular formula is C9H8N4O2. The van der Waals surface area contributed by atoms with Gasteiger partial charge in [-0.3, -0.25) is 4.79 Å². The van der Waals surface area contributed by atoms with Crippen LogP contribution in [0.25, 0.3) is 0 Å². The molecule has 2 N–H and O–H groups in total. The second-order valence-electron chi connectivity index (χ2n) is 2.83. The van der Waals surface area contributed by atoms with Crippen LogP contribution in [-0.4, -0.2) is 20.9 Å². The SMILES string of the molecule is NC(=O)c1coc(Cc2ncccn2)n1. The zero-order valence-corrected chi connectivity index (χ0v) is 7.75. The van der Waals surface area contributed by atoms with Gasteiger partial charge in [0.15, 0.2) is 5.69 Å². The summed E-state index contributed by atoms with van der Waals surface area (Å²) in [6.45, 7) is 0. The predicted octanol–water partition coefficient (Wildman–Crippen LogP) is 0.154. The molecule has 2 heterocycles. The number of carbonyl (C=O) groups is 1. The van der Waals surface area contributed by atoms with Gasteiger partial charge in [0.1, 0.15) is 12.1 Å². The third kappa shape index (κ3) is 2.16. The van der Waals surface area contributed by atoms with E-state index in [0.29, 0.717) is 18.1 Å². The number of amides is 1. The highest BCUT2D eigenvalue weighted by Gasteiger charge is 2.09. The number of hydrogen-bond acceptors (Lipinski definition) is 5. The number of nitrogens with zero attached hydrogens (tertiary/aromatic N) is 3. The average molecular weight is 204 g/mol. The molecule has 6 heteroatoms. The van der Waals surface area contributed by atoms with Crippen molar-refractivity contribution in [1.82, 2.24) is 15.0 Å². The summed E-state index contributed by atoms with van der Waals surface area (Å²) >= 11 is 0. The van der Waals surface area contributed by atoms with Crippen LogP contribution in [0.5, 0.6) is 0 Å². The summed E-state index contributed by atoms with van der Waals surface area (Å²) in [6, 6.07) is 1.72. The van der Waals surface area contributed by atoms with Crippen molar-refractivity contribution in [3.05, 3.63) is 42.1 Å². The Balaban J connectivity index is 2.15. The summed E-state index contributed by atoms with van der Waals surface area (Å²) in [4.78, 5) is 22.6. The summed E-state index contributed by atoms with van der Waals surface area (Å²) in [5.74, 6) is 0.337. The quantitative estimate of drug-likeness (QED) is 0.768. The van der Waals surface area contributed by atoms with E-state index in [1.165, 1.54) is 6.26 Å². The first kappa shape index (κ1) is 9.32. The lowest BCUT2D eigenvalue weighted by atomic mass is 10.4. The van der Waals surface area contributed by atoms with E-state index in [-0.39, 0.29) is 5.69 Å². The second-order valence-corrected chi connectivity index (χ2v) is 2.83. The molecule has 0 atom stereocenters. The van der Waals surface area contributed by atoms with Crippen LogP contribution in [0.1, 0.15) is 22.2 Å². The van der Waals surface area contributed by atoms with Gasteiger partial charge in [0.2, 0.25) is 5.89 Å². The van der Waals surface area contributed by atoms with Crippen molar-refractivity contribution in [3.8, 4) is 0 Å². The molecule has 15 heavy (non-hydrogen) atoms. The molecule has 0 aliphatic rings. The molecule has 1 amide bonds. The third-order valence-electron chi connectivity index (χ3n) is 1.73. The minimum absolute atomic E-state index is 0.112. The molecular weight excluding hydrogens is 196 g/mol. The summed E-state index contributed by atoms with van der Waals surface area (Å²) in [5, 5.41) is 0. The van der Waals surface area contributed by atoms with E-state index in [1.54, 1.807) is 18.5 Å². The number of nitrogens with two attached hydrogens (primary N) is 1. The van der Waals surface area contributed by atoms with Crippen molar-refractivity contribution in [2.45, 2.75) is 6.42 Å². The molecule has 2 rings (SSSR count). The third-order valence-corrected chi connectivity index (χ3v) is 1.73. The fourth-order valence-corrected chi connectivity index (χ4v) is 1.06. The highest BCUT2D eigenvalue weighted by molar-refractivity contribution is 5.90. The normalized spacial score (nSPS) is 10.1. The van der Waals surface area contributed by atoms with Gasteiger partial charge in [-0.2, -0.15) is 0 Å². The van der Waals surface area contributed by atoms with Crippen LogP contribution < -0.4 is 5.73 Å². The Hall–Kier alpha value is -2.24. The number of aromatic nitrogens is 3. The molecule has 76 valence electrons. The molecule has 0 unspecified atom stereocenters. The molecule has 0 aliphatic carbocycles. The van der Waals surface area contributed by atoms with Crippen molar-refractivity contribution in [2.24, 2.45) is 5.73 Å². The lowest BCUT2D eigenvalue weighted by molar-refractivity contribution is 0.0995. The Morgan fingerprint density at radius 1 is 1.40 bits per heavy atom. The van der Waals surface area contributed by atoms with Crippen LogP contribution in [0, 0.1) is 0 Å². The van der Waals surface area contributed by atoms with E-state index in [2.05, 4.69) is 15.0 Å². The van der Waals surface area contributed by atoms with Gasteiger partial charge >= 0.3 is 0 Å². The number of rotatable bonds is 3. The lowest BCUT2D eigenvalue weighted by Gasteiger charge is -1.92. The van der Waals surface area contributed by atoms with E-state index in [1.807, 2.05) is 0 Å². The Morgan fingerprint density at radius 3 is 2.73 bits per heavy atom. The highest BCUT2D eigenvalue weighted by Crippen LogP contribution is 2.05. The predicted molar refractivity (Wildman–Crippen MR) is 49.9 cm³/mol. The molecule has 0 aromatic carbocycles. The van der Waals surface area contributed by atoms with Gasteiger partial charge in [0.05, 0.1) is 6.42 Å². The van der Waals surface area contributed by atoms with Gasteiger partial charge in [-0.25, -0.2) is 15.0 Å². The van der Waals surface area contributed by atoms with Gasteiger partial charge in [0, 0.05) is 12.4 Å². The first-order valence-electron chi connectivity index (χ1n) is 4.26. The number of primary amides is 1. The molecule has 0 saturated heterocycles. The number of carbonyl (C=O) groups excluding carboxylic acids is 1. The van der Waals surface area contributed by atoms with Crippen LogP contribution in [0.4, 0.5) is 0 Å². The maximum Gasteiger partial charge on any atom is 0.270 e. The summed E-state index contributed by atoms with van der Waals surface area (Å²) < 4.78 is 5.04. The largest absolute Gasteiger partial charge is 0.448 e. The molecule has 2 aromatic rings. The summed E-state index contributed by atoms with van der Waals surface area (Å²) in [6.07, 6.45) is 4.81. The van der Waals surface area contributed by atoms with Crippen molar-refractivity contribution >= 4 is 5.91 Å².